The van der Waals surface area contributed by atoms with Crippen molar-refractivity contribution in [1.29, 1.82) is 5.26 Å². The van der Waals surface area contributed by atoms with Crippen LogP contribution in [0.1, 0.15) is 28.8 Å². The summed E-state index contributed by atoms with van der Waals surface area (Å²) in [7, 11) is 6.18. The highest BCUT2D eigenvalue weighted by Crippen LogP contribution is 2.50. The van der Waals surface area contributed by atoms with Crippen LogP contribution in [0.25, 0.3) is 11.1 Å². The molecule has 0 unspecified atom stereocenters. The largest absolute Gasteiger partial charge is 0.493 e. The van der Waals surface area contributed by atoms with Gasteiger partial charge in [0.25, 0.3) is 0 Å². The lowest BCUT2D eigenvalue weighted by atomic mass is 9.77. The molecule has 0 radical (unpaired) electrons. The fraction of sp³-hybridized carbons (Fsp3) is 0.280. The van der Waals surface area contributed by atoms with Crippen LogP contribution in [0.15, 0.2) is 47.0 Å². The van der Waals surface area contributed by atoms with Gasteiger partial charge in [0, 0.05) is 29.9 Å². The maximum Gasteiger partial charge on any atom is 0.239 e. The number of guanidine groups is 1. The van der Waals surface area contributed by atoms with Crippen molar-refractivity contribution in [3.63, 3.8) is 0 Å². The van der Waals surface area contributed by atoms with Gasteiger partial charge in [0.15, 0.2) is 17.5 Å². The number of nitrogens with two attached hydrogens (primary N) is 1. The lowest BCUT2D eigenvalue weighted by Crippen LogP contribution is -2.52. The maximum absolute atomic E-state index is 13.6. The third kappa shape index (κ3) is 4.04. The highest BCUT2D eigenvalue weighted by Gasteiger charge is 2.48. The zero-order valence-electron chi connectivity index (χ0n) is 20.0. The van der Waals surface area contributed by atoms with Gasteiger partial charge < -0.3 is 19.9 Å². The molecule has 2 atom stereocenters. The number of benzene rings is 1. The molecule has 0 spiro atoms. The van der Waals surface area contributed by atoms with Crippen LogP contribution in [-0.4, -0.2) is 50.1 Å². The van der Waals surface area contributed by atoms with Crippen LogP contribution in [0.3, 0.4) is 0 Å². The van der Waals surface area contributed by atoms with Crippen LogP contribution in [0.2, 0.25) is 0 Å². The lowest BCUT2D eigenvalue weighted by Gasteiger charge is -2.40. The Balaban J connectivity index is 1.89. The second kappa shape index (κ2) is 9.27. The summed E-state index contributed by atoms with van der Waals surface area (Å²) in [6, 6.07) is 9.38. The first-order valence-corrected chi connectivity index (χ1v) is 11.5. The van der Waals surface area contributed by atoms with E-state index in [0.717, 1.165) is 16.0 Å². The molecule has 1 aliphatic heterocycles. The maximum atomic E-state index is 13.6. The summed E-state index contributed by atoms with van der Waals surface area (Å²) in [5.41, 5.74) is 7.96. The first-order valence-electron chi connectivity index (χ1n) is 10.6. The number of nitriles is 1. The molecule has 1 amide bonds. The van der Waals surface area contributed by atoms with Crippen molar-refractivity contribution in [2.45, 2.75) is 18.4 Å². The Labute approximate surface area is 207 Å². The van der Waals surface area contributed by atoms with E-state index in [1.54, 1.807) is 31.4 Å². The fourth-order valence-corrected chi connectivity index (χ4v) is 5.32. The third-order valence-electron chi connectivity index (χ3n) is 6.15. The molecule has 0 bridgehead atoms. The number of carbonyl (C=O) groups is 1. The van der Waals surface area contributed by atoms with Gasteiger partial charge in [-0.1, -0.05) is 0 Å². The van der Waals surface area contributed by atoms with Crippen LogP contribution >= 0.6 is 11.3 Å². The summed E-state index contributed by atoms with van der Waals surface area (Å²) >= 11 is 1.46. The molecule has 0 fully saturated rings. The Hall–Kier alpha value is -4.10. The highest BCUT2D eigenvalue weighted by atomic mass is 32.1. The van der Waals surface area contributed by atoms with Gasteiger partial charge in [0.1, 0.15) is 11.6 Å². The molecule has 1 aliphatic rings. The van der Waals surface area contributed by atoms with Crippen LogP contribution in [0, 0.1) is 11.3 Å². The quantitative estimate of drug-likeness (QED) is 0.560. The van der Waals surface area contributed by atoms with E-state index in [1.807, 2.05) is 18.4 Å². The Morgan fingerprint density at radius 3 is 2.37 bits per heavy atom. The van der Waals surface area contributed by atoms with Crippen molar-refractivity contribution in [3.05, 3.63) is 58.0 Å². The topological polar surface area (TPSA) is 123 Å². The summed E-state index contributed by atoms with van der Waals surface area (Å²) in [6.07, 6.45) is 3.21. The number of nitrogens with zero attached hydrogens (tertiary/aromatic N) is 4. The van der Waals surface area contributed by atoms with Crippen molar-refractivity contribution in [3.8, 4) is 34.4 Å². The number of carbonyl (C=O) groups excluding carboxylic acids is 1. The van der Waals surface area contributed by atoms with E-state index < -0.39 is 11.5 Å². The van der Waals surface area contributed by atoms with Gasteiger partial charge in [-0.2, -0.15) is 5.26 Å². The molecule has 4 rings (SSSR count). The number of aliphatic imine (C=N–C) groups is 1. The predicted octanol–water partition coefficient (Wildman–Crippen LogP) is 3.49. The molecule has 1 aromatic carbocycles. The van der Waals surface area contributed by atoms with E-state index in [-0.39, 0.29) is 11.9 Å². The van der Waals surface area contributed by atoms with Gasteiger partial charge in [0.2, 0.25) is 11.7 Å². The standard InChI is InChI=1S/C25H25N5O4S/c1-25(20-9-17(13-35-20)16-6-14(10-26)11-28-12-16)21(23(31)30(2)24(27)29-25)15-7-18(32-3)22(34-5)19(8-15)33-4/h6-9,11-13,21H,1-5H3,(H2,27,29)/t21-,25-/m1/s1. The molecule has 2 aromatic heterocycles. The average Bonchev–Trinajstić information content (AvgIpc) is 3.38. The van der Waals surface area contributed by atoms with Crippen LogP contribution in [0.4, 0.5) is 0 Å². The van der Waals surface area contributed by atoms with Gasteiger partial charge >= 0.3 is 0 Å². The summed E-state index contributed by atoms with van der Waals surface area (Å²) < 4.78 is 16.5. The molecule has 3 aromatic rings. The monoisotopic (exact) mass is 491 g/mol. The zero-order valence-corrected chi connectivity index (χ0v) is 20.8. The van der Waals surface area contributed by atoms with Crippen molar-refractivity contribution in [1.82, 2.24) is 9.88 Å². The van der Waals surface area contributed by atoms with E-state index in [0.29, 0.717) is 28.4 Å². The summed E-state index contributed by atoms with van der Waals surface area (Å²) in [4.78, 5) is 24.8. The molecule has 2 N–H and O–H groups in total. The first-order chi connectivity index (χ1) is 16.8. The lowest BCUT2D eigenvalue weighted by molar-refractivity contribution is -0.130. The van der Waals surface area contributed by atoms with Crippen LogP contribution in [0.5, 0.6) is 17.2 Å². The van der Waals surface area contributed by atoms with Crippen molar-refractivity contribution in [2.24, 2.45) is 10.7 Å². The molecule has 0 saturated heterocycles. The number of ether oxygens (including phenoxy) is 3. The Bertz CT molecular complexity index is 1340. The van der Waals surface area contributed by atoms with E-state index in [9.17, 15) is 10.1 Å². The molecule has 35 heavy (non-hydrogen) atoms. The van der Waals surface area contributed by atoms with Gasteiger partial charge in [-0.25, -0.2) is 4.99 Å². The fourth-order valence-electron chi connectivity index (χ4n) is 4.27. The number of pyridine rings is 1. The summed E-state index contributed by atoms with van der Waals surface area (Å²) in [6.45, 7) is 1.89. The van der Waals surface area contributed by atoms with E-state index >= 15 is 0 Å². The Morgan fingerprint density at radius 1 is 1.09 bits per heavy atom. The number of likely N-dealkylation sites (N-methyl/N-ethyl adjacent to an activating group) is 1. The van der Waals surface area contributed by atoms with Gasteiger partial charge in [-0.15, -0.1) is 11.3 Å². The minimum atomic E-state index is -1.01. The number of methoxy groups -OCH3 is 3. The van der Waals surface area contributed by atoms with Crippen molar-refractivity contribution < 1.29 is 19.0 Å². The molecule has 0 saturated carbocycles. The second-order valence-electron chi connectivity index (χ2n) is 8.18. The van der Waals surface area contributed by atoms with Gasteiger partial charge in [-0.3, -0.25) is 14.7 Å². The summed E-state index contributed by atoms with van der Waals surface area (Å²) in [5.74, 6) is 0.510. The Morgan fingerprint density at radius 2 is 1.77 bits per heavy atom. The Kier molecular flexibility index (Phi) is 6.37. The minimum Gasteiger partial charge on any atom is -0.493 e. The first kappa shape index (κ1) is 24.0. The minimum absolute atomic E-state index is 0.129. The van der Waals surface area contributed by atoms with Crippen LogP contribution < -0.4 is 19.9 Å². The molecule has 9 nitrogen and oxygen atoms in total. The van der Waals surface area contributed by atoms with E-state index in [4.69, 9.17) is 24.9 Å². The molecular weight excluding hydrogens is 466 g/mol. The molecule has 3 heterocycles. The van der Waals surface area contributed by atoms with Crippen molar-refractivity contribution >= 4 is 23.2 Å². The number of thiophene rings is 1. The molecule has 180 valence electrons. The SMILES string of the molecule is COc1cc([C@@H]2C(=O)N(C)C(N)=N[C@]2(C)c2cc(-c3cncc(C#N)c3)cs2)cc(OC)c1OC. The predicted molar refractivity (Wildman–Crippen MR) is 133 cm³/mol. The van der Waals surface area contributed by atoms with Gasteiger partial charge in [-0.05, 0) is 47.7 Å². The number of aromatic nitrogens is 1. The number of amides is 1. The number of rotatable bonds is 6. The second-order valence-corrected chi connectivity index (χ2v) is 9.09. The van der Waals surface area contributed by atoms with Crippen molar-refractivity contribution in [2.75, 3.05) is 28.4 Å². The van der Waals surface area contributed by atoms with E-state index in [2.05, 4.69) is 11.1 Å². The number of hydrogen-bond acceptors (Lipinski definition) is 9. The normalized spacial score (nSPS) is 19.7. The number of hydrogen-bond donors (Lipinski definition) is 1. The molecular formula is C25H25N5O4S. The van der Waals surface area contributed by atoms with E-state index in [1.165, 1.54) is 43.8 Å². The summed E-state index contributed by atoms with van der Waals surface area (Å²) in [5, 5.41) is 11.2. The third-order valence-corrected chi connectivity index (χ3v) is 7.31. The molecule has 10 heteroatoms. The zero-order chi connectivity index (χ0) is 25.3. The van der Waals surface area contributed by atoms with Crippen LogP contribution in [-0.2, 0) is 10.3 Å². The highest BCUT2D eigenvalue weighted by molar-refractivity contribution is 7.10. The average molecular weight is 492 g/mol. The van der Waals surface area contributed by atoms with Gasteiger partial charge in [0.05, 0.1) is 32.8 Å². The molecule has 0 aliphatic carbocycles. The smallest absolute Gasteiger partial charge is 0.239 e.